The molecular weight excluding hydrogens is 270 g/mol. The smallest absolute Gasteiger partial charge is 0.220 e. The van der Waals surface area contributed by atoms with E-state index in [2.05, 4.69) is 16.8 Å². The fourth-order valence-corrected chi connectivity index (χ4v) is 2.49. The van der Waals surface area contributed by atoms with Gasteiger partial charge in [-0.15, -0.1) is 0 Å². The lowest BCUT2D eigenvalue weighted by atomic mass is 10.0. The van der Waals surface area contributed by atoms with Gasteiger partial charge in [-0.1, -0.05) is 12.1 Å². The Bertz CT molecular complexity index is 470. The van der Waals surface area contributed by atoms with Gasteiger partial charge in [0.1, 0.15) is 6.10 Å². The molecular formula is C15H23N3O3. The van der Waals surface area contributed by atoms with Gasteiger partial charge in [0.25, 0.3) is 0 Å². The summed E-state index contributed by atoms with van der Waals surface area (Å²) in [5, 5.41) is 19.7. The van der Waals surface area contributed by atoms with E-state index in [0.717, 1.165) is 31.9 Å². The second kappa shape index (κ2) is 6.89. The molecule has 0 bridgehead atoms. The summed E-state index contributed by atoms with van der Waals surface area (Å²) in [6.45, 7) is 4.01. The van der Waals surface area contributed by atoms with Crippen molar-refractivity contribution >= 4 is 11.6 Å². The largest absolute Gasteiger partial charge is 0.390 e. The maximum absolute atomic E-state index is 10.8. The number of hydrogen-bond acceptors (Lipinski definition) is 5. The van der Waals surface area contributed by atoms with Gasteiger partial charge in [-0.25, -0.2) is 0 Å². The molecule has 116 valence electrons. The van der Waals surface area contributed by atoms with Crippen molar-refractivity contribution in [1.29, 1.82) is 0 Å². The van der Waals surface area contributed by atoms with Gasteiger partial charge in [0, 0.05) is 31.9 Å². The summed E-state index contributed by atoms with van der Waals surface area (Å²) >= 11 is 0. The Labute approximate surface area is 124 Å². The van der Waals surface area contributed by atoms with Crippen LogP contribution in [0.5, 0.6) is 0 Å². The number of aliphatic hydroxyl groups excluding tert-OH is 2. The van der Waals surface area contributed by atoms with Crippen molar-refractivity contribution in [1.82, 2.24) is 4.90 Å². The number of nitrogens with zero attached hydrogens (tertiary/aromatic N) is 2. The summed E-state index contributed by atoms with van der Waals surface area (Å²) in [5.41, 5.74) is 6.71. The van der Waals surface area contributed by atoms with Crippen molar-refractivity contribution in [3.8, 4) is 0 Å². The number of aliphatic hydroxyl groups is 2. The van der Waals surface area contributed by atoms with Crippen molar-refractivity contribution in [2.24, 2.45) is 5.73 Å². The summed E-state index contributed by atoms with van der Waals surface area (Å²) in [6.07, 6.45) is -2.52. The molecule has 1 aliphatic rings. The molecule has 2 atom stereocenters. The molecule has 1 heterocycles. The molecule has 21 heavy (non-hydrogen) atoms. The molecule has 1 aromatic rings. The number of amides is 1. The van der Waals surface area contributed by atoms with Crippen LogP contribution in [-0.2, 0) is 4.79 Å². The molecule has 0 aromatic heterocycles. The van der Waals surface area contributed by atoms with E-state index in [0.29, 0.717) is 5.56 Å². The number of benzene rings is 1. The van der Waals surface area contributed by atoms with Crippen molar-refractivity contribution in [3.63, 3.8) is 0 Å². The van der Waals surface area contributed by atoms with E-state index >= 15 is 0 Å². The van der Waals surface area contributed by atoms with Gasteiger partial charge in [-0.3, -0.25) is 4.79 Å². The van der Waals surface area contributed by atoms with Gasteiger partial charge in [0.15, 0.2) is 0 Å². The Balaban J connectivity index is 1.99. The number of piperazine rings is 1. The summed E-state index contributed by atoms with van der Waals surface area (Å²) in [4.78, 5) is 15.3. The summed E-state index contributed by atoms with van der Waals surface area (Å²) in [5.74, 6) is -0.629. The van der Waals surface area contributed by atoms with Gasteiger partial charge in [0.05, 0.1) is 12.5 Å². The molecule has 1 amide bonds. The molecule has 1 aliphatic heterocycles. The van der Waals surface area contributed by atoms with Gasteiger partial charge >= 0.3 is 0 Å². The lowest BCUT2D eigenvalue weighted by molar-refractivity contribution is -0.121. The third kappa shape index (κ3) is 4.17. The highest BCUT2D eigenvalue weighted by Crippen LogP contribution is 2.23. The van der Waals surface area contributed by atoms with Crippen molar-refractivity contribution in [2.75, 3.05) is 38.1 Å². The highest BCUT2D eigenvalue weighted by atomic mass is 16.3. The zero-order valence-electron chi connectivity index (χ0n) is 12.3. The first-order chi connectivity index (χ1) is 9.97. The van der Waals surface area contributed by atoms with Crippen LogP contribution in [0.4, 0.5) is 5.69 Å². The van der Waals surface area contributed by atoms with E-state index in [-0.39, 0.29) is 6.42 Å². The molecule has 1 saturated heterocycles. The Morgan fingerprint density at radius 3 is 2.29 bits per heavy atom. The second-order valence-electron chi connectivity index (χ2n) is 5.56. The van der Waals surface area contributed by atoms with E-state index in [1.165, 1.54) is 0 Å². The van der Waals surface area contributed by atoms with Gasteiger partial charge < -0.3 is 25.7 Å². The molecule has 1 aromatic carbocycles. The highest BCUT2D eigenvalue weighted by molar-refractivity contribution is 5.74. The average molecular weight is 293 g/mol. The van der Waals surface area contributed by atoms with Gasteiger partial charge in [0.2, 0.25) is 5.91 Å². The number of likely N-dealkylation sites (N-methyl/N-ethyl adjacent to an activating group) is 1. The van der Waals surface area contributed by atoms with Crippen molar-refractivity contribution < 1.29 is 15.0 Å². The first kappa shape index (κ1) is 15.8. The molecule has 6 heteroatoms. The van der Waals surface area contributed by atoms with E-state index in [4.69, 9.17) is 5.73 Å². The monoisotopic (exact) mass is 293 g/mol. The number of primary amides is 1. The molecule has 1 fully saturated rings. The molecule has 0 saturated carbocycles. The molecule has 4 N–H and O–H groups in total. The number of anilines is 1. The lowest BCUT2D eigenvalue weighted by Crippen LogP contribution is -2.44. The third-order valence-corrected chi connectivity index (χ3v) is 3.88. The van der Waals surface area contributed by atoms with Crippen LogP contribution in [0.25, 0.3) is 0 Å². The van der Waals surface area contributed by atoms with Crippen LogP contribution >= 0.6 is 0 Å². The van der Waals surface area contributed by atoms with Gasteiger partial charge in [-0.05, 0) is 24.7 Å². The van der Waals surface area contributed by atoms with E-state index in [1.807, 2.05) is 12.1 Å². The highest BCUT2D eigenvalue weighted by Gasteiger charge is 2.21. The number of hydrogen-bond donors (Lipinski definition) is 3. The Morgan fingerprint density at radius 1 is 1.19 bits per heavy atom. The first-order valence-corrected chi connectivity index (χ1v) is 7.15. The number of nitrogens with two attached hydrogens (primary N) is 1. The van der Waals surface area contributed by atoms with Crippen LogP contribution in [0, 0.1) is 0 Å². The SMILES string of the molecule is CN1CCN(c2ccc(C(O)C(O)CC(N)=O)cc2)CC1. The Hall–Kier alpha value is -1.63. The van der Waals surface area contributed by atoms with Crippen LogP contribution in [-0.4, -0.2) is 60.4 Å². The molecule has 0 aliphatic carbocycles. The van der Waals surface area contributed by atoms with E-state index < -0.39 is 18.1 Å². The number of carbonyl (C=O) groups excluding carboxylic acids is 1. The predicted octanol–water partition coefficient (Wildman–Crippen LogP) is -0.292. The third-order valence-electron chi connectivity index (χ3n) is 3.88. The van der Waals surface area contributed by atoms with Crippen LogP contribution in [0.15, 0.2) is 24.3 Å². The number of rotatable bonds is 5. The quantitative estimate of drug-likeness (QED) is 0.694. The van der Waals surface area contributed by atoms with Crippen LogP contribution in [0.2, 0.25) is 0 Å². The standard InChI is InChI=1S/C15H23N3O3/c1-17-6-8-18(9-7-17)12-4-2-11(3-5-12)15(21)13(19)10-14(16)20/h2-5,13,15,19,21H,6-10H2,1H3,(H2,16,20). The minimum absolute atomic E-state index is 0.249. The number of carbonyl (C=O) groups is 1. The van der Waals surface area contributed by atoms with Crippen LogP contribution in [0.1, 0.15) is 18.1 Å². The molecule has 2 rings (SSSR count). The molecule has 6 nitrogen and oxygen atoms in total. The molecule has 0 spiro atoms. The fourth-order valence-electron chi connectivity index (χ4n) is 2.49. The van der Waals surface area contributed by atoms with Crippen molar-refractivity contribution in [3.05, 3.63) is 29.8 Å². The van der Waals surface area contributed by atoms with E-state index in [1.54, 1.807) is 12.1 Å². The summed E-state index contributed by atoms with van der Waals surface area (Å²) < 4.78 is 0. The second-order valence-corrected chi connectivity index (χ2v) is 5.56. The summed E-state index contributed by atoms with van der Waals surface area (Å²) in [6, 6.07) is 7.42. The van der Waals surface area contributed by atoms with Crippen molar-refractivity contribution in [2.45, 2.75) is 18.6 Å². The lowest BCUT2D eigenvalue weighted by Gasteiger charge is -2.34. The van der Waals surface area contributed by atoms with Gasteiger partial charge in [-0.2, -0.15) is 0 Å². The minimum Gasteiger partial charge on any atom is -0.390 e. The molecule has 2 unspecified atom stereocenters. The maximum atomic E-state index is 10.8. The zero-order valence-corrected chi connectivity index (χ0v) is 12.3. The van der Waals surface area contributed by atoms with Crippen LogP contribution < -0.4 is 10.6 Å². The summed E-state index contributed by atoms with van der Waals surface area (Å²) in [7, 11) is 2.11. The first-order valence-electron chi connectivity index (χ1n) is 7.15. The Morgan fingerprint density at radius 2 is 1.76 bits per heavy atom. The predicted molar refractivity (Wildman–Crippen MR) is 80.9 cm³/mol. The van der Waals surface area contributed by atoms with Crippen LogP contribution in [0.3, 0.4) is 0 Å². The van der Waals surface area contributed by atoms with E-state index in [9.17, 15) is 15.0 Å². The minimum atomic E-state index is -1.17. The maximum Gasteiger partial charge on any atom is 0.220 e. The normalized spacial score (nSPS) is 19.3. The average Bonchev–Trinajstić information content (AvgIpc) is 2.47. The zero-order chi connectivity index (χ0) is 15.4. The molecule has 0 radical (unpaired) electrons. The Kier molecular flexibility index (Phi) is 5.17. The fraction of sp³-hybridized carbons (Fsp3) is 0.533. The topological polar surface area (TPSA) is 90.0 Å².